The van der Waals surface area contributed by atoms with Crippen LogP contribution in [0.2, 0.25) is 10.0 Å². The monoisotopic (exact) mass is 274 g/mol. The van der Waals surface area contributed by atoms with E-state index in [9.17, 15) is 4.79 Å². The summed E-state index contributed by atoms with van der Waals surface area (Å²) in [7, 11) is 0. The molecule has 0 atom stereocenters. The summed E-state index contributed by atoms with van der Waals surface area (Å²) in [5.74, 6) is -0.318. The maximum atomic E-state index is 10.8. The topological polar surface area (TPSA) is 46.5 Å². The Hall–Kier alpha value is -0.930. The first kappa shape index (κ1) is 12.5. The van der Waals surface area contributed by atoms with Crippen molar-refractivity contribution in [2.24, 2.45) is 0 Å². The number of benzene rings is 1. The molecule has 0 aliphatic heterocycles. The molecule has 0 unspecified atom stereocenters. The molecule has 1 aromatic rings. The number of halogens is 2. The number of carbonyl (C=O) groups is 1. The maximum Gasteiger partial charge on any atom is 0.307 e. The summed E-state index contributed by atoms with van der Waals surface area (Å²) in [6.07, 6.45) is 2.51. The second-order valence-electron chi connectivity index (χ2n) is 4.31. The van der Waals surface area contributed by atoms with Crippen molar-refractivity contribution in [1.29, 1.82) is 0 Å². The number of hydrogen-bond acceptors (Lipinski definition) is 2. The van der Waals surface area contributed by atoms with Crippen LogP contribution in [-0.2, 0) is 4.79 Å². The summed E-state index contributed by atoms with van der Waals surface area (Å²) < 4.78 is 5.76. The molecule has 1 N–H and O–H groups in total. The van der Waals surface area contributed by atoms with Gasteiger partial charge < -0.3 is 9.84 Å². The van der Waals surface area contributed by atoms with Crippen molar-refractivity contribution in [3.63, 3.8) is 0 Å². The highest BCUT2D eigenvalue weighted by atomic mass is 35.5. The zero-order valence-electron chi connectivity index (χ0n) is 9.08. The third-order valence-corrected chi connectivity index (χ3v) is 3.35. The van der Waals surface area contributed by atoms with Crippen molar-refractivity contribution >= 4 is 29.2 Å². The Morgan fingerprint density at radius 1 is 1.29 bits per heavy atom. The average molecular weight is 275 g/mol. The predicted octanol–water partition coefficient (Wildman–Crippen LogP) is 3.77. The van der Waals surface area contributed by atoms with E-state index in [0.29, 0.717) is 15.8 Å². The molecule has 0 saturated heterocycles. The molecular formula is C12H12Cl2O3. The molecule has 0 spiro atoms. The number of hydrogen-bond donors (Lipinski definition) is 1. The zero-order chi connectivity index (χ0) is 12.5. The van der Waals surface area contributed by atoms with Crippen LogP contribution in [0.1, 0.15) is 25.7 Å². The van der Waals surface area contributed by atoms with Crippen LogP contribution >= 0.6 is 23.2 Å². The van der Waals surface area contributed by atoms with Gasteiger partial charge in [-0.05, 0) is 37.5 Å². The van der Waals surface area contributed by atoms with Gasteiger partial charge >= 0.3 is 5.97 Å². The van der Waals surface area contributed by atoms with E-state index in [0.717, 1.165) is 19.3 Å². The molecule has 0 aromatic heterocycles. The fraction of sp³-hybridized carbons (Fsp3) is 0.417. The van der Waals surface area contributed by atoms with Crippen molar-refractivity contribution in [1.82, 2.24) is 0 Å². The van der Waals surface area contributed by atoms with E-state index in [4.69, 9.17) is 33.0 Å². The number of carboxylic acids is 1. The minimum atomic E-state index is -0.849. The lowest BCUT2D eigenvalue weighted by molar-refractivity contribution is -0.144. The molecule has 2 rings (SSSR count). The molecule has 5 heteroatoms. The van der Waals surface area contributed by atoms with E-state index >= 15 is 0 Å². The smallest absolute Gasteiger partial charge is 0.307 e. The minimum absolute atomic E-state index is 0.0110. The summed E-state index contributed by atoms with van der Waals surface area (Å²) in [6.45, 7) is 0. The Bertz CT molecular complexity index is 421. The molecule has 0 bridgehead atoms. The summed E-state index contributed by atoms with van der Waals surface area (Å²) in [4.78, 5) is 10.8. The van der Waals surface area contributed by atoms with Crippen LogP contribution in [0.3, 0.4) is 0 Å². The van der Waals surface area contributed by atoms with Gasteiger partial charge in [-0.15, -0.1) is 0 Å². The molecule has 1 aromatic carbocycles. The average Bonchev–Trinajstić information content (AvgIpc) is 2.11. The van der Waals surface area contributed by atoms with Gasteiger partial charge in [0, 0.05) is 10.0 Å². The molecule has 1 aliphatic rings. The number of aliphatic carboxylic acids is 1. The van der Waals surface area contributed by atoms with Gasteiger partial charge in [-0.1, -0.05) is 23.2 Å². The first-order chi connectivity index (χ1) is 7.99. The number of carboxylic acid groups (broad SMARTS) is 1. The molecule has 1 aliphatic carbocycles. The largest absolute Gasteiger partial charge is 0.487 e. The van der Waals surface area contributed by atoms with Crippen molar-refractivity contribution in [3.05, 3.63) is 28.2 Å². The molecule has 17 heavy (non-hydrogen) atoms. The Morgan fingerprint density at radius 3 is 2.29 bits per heavy atom. The third kappa shape index (κ3) is 3.05. The van der Waals surface area contributed by atoms with Gasteiger partial charge in [-0.25, -0.2) is 0 Å². The van der Waals surface area contributed by atoms with E-state index < -0.39 is 11.6 Å². The first-order valence-electron chi connectivity index (χ1n) is 5.36. The van der Waals surface area contributed by atoms with Gasteiger partial charge in [0.25, 0.3) is 0 Å². The Morgan fingerprint density at radius 2 is 1.88 bits per heavy atom. The normalized spacial score (nSPS) is 17.3. The van der Waals surface area contributed by atoms with Gasteiger partial charge in [0.05, 0.1) is 6.42 Å². The molecule has 1 saturated carbocycles. The van der Waals surface area contributed by atoms with Gasteiger partial charge in [0.15, 0.2) is 0 Å². The van der Waals surface area contributed by atoms with Crippen molar-refractivity contribution in [2.45, 2.75) is 31.3 Å². The van der Waals surface area contributed by atoms with Gasteiger partial charge in [0.1, 0.15) is 11.4 Å². The lowest BCUT2D eigenvalue weighted by atomic mass is 9.77. The van der Waals surface area contributed by atoms with Gasteiger partial charge in [0.2, 0.25) is 0 Å². The van der Waals surface area contributed by atoms with E-state index in [-0.39, 0.29) is 6.42 Å². The SMILES string of the molecule is O=C(O)CC1(Oc2cc(Cl)cc(Cl)c2)CCC1. The second kappa shape index (κ2) is 4.75. The molecular weight excluding hydrogens is 263 g/mol. The zero-order valence-corrected chi connectivity index (χ0v) is 10.6. The Kier molecular flexibility index (Phi) is 3.50. The van der Waals surface area contributed by atoms with Crippen molar-refractivity contribution < 1.29 is 14.6 Å². The van der Waals surface area contributed by atoms with Crippen LogP contribution in [0.5, 0.6) is 5.75 Å². The number of rotatable bonds is 4. The molecule has 0 heterocycles. The first-order valence-corrected chi connectivity index (χ1v) is 6.12. The summed E-state index contributed by atoms with van der Waals surface area (Å²) >= 11 is 11.7. The summed E-state index contributed by atoms with van der Waals surface area (Å²) in [5.41, 5.74) is -0.583. The van der Waals surface area contributed by atoms with E-state index in [2.05, 4.69) is 0 Å². The van der Waals surface area contributed by atoms with Crippen LogP contribution in [0.15, 0.2) is 18.2 Å². The van der Waals surface area contributed by atoms with Crippen molar-refractivity contribution in [2.75, 3.05) is 0 Å². The van der Waals surface area contributed by atoms with Crippen LogP contribution in [0, 0.1) is 0 Å². The van der Waals surface area contributed by atoms with Gasteiger partial charge in [-0.2, -0.15) is 0 Å². The molecule has 1 fully saturated rings. The van der Waals surface area contributed by atoms with Crippen LogP contribution in [0.4, 0.5) is 0 Å². The molecule has 0 amide bonds. The predicted molar refractivity (Wildman–Crippen MR) is 65.9 cm³/mol. The Balaban J connectivity index is 2.15. The third-order valence-electron chi connectivity index (χ3n) is 2.91. The Labute approximate surface area is 109 Å². The minimum Gasteiger partial charge on any atom is -0.487 e. The highest BCUT2D eigenvalue weighted by molar-refractivity contribution is 6.34. The lowest BCUT2D eigenvalue weighted by Crippen LogP contribution is -2.45. The lowest BCUT2D eigenvalue weighted by Gasteiger charge is -2.40. The molecule has 92 valence electrons. The second-order valence-corrected chi connectivity index (χ2v) is 5.19. The molecule has 3 nitrogen and oxygen atoms in total. The quantitative estimate of drug-likeness (QED) is 0.909. The molecule has 0 radical (unpaired) electrons. The summed E-state index contributed by atoms with van der Waals surface area (Å²) in [5, 5.41) is 9.84. The maximum absolute atomic E-state index is 10.8. The highest BCUT2D eigenvalue weighted by Gasteiger charge is 2.41. The van der Waals surface area contributed by atoms with Crippen LogP contribution in [0.25, 0.3) is 0 Å². The standard InChI is InChI=1S/C12H12Cl2O3/c13-8-4-9(14)6-10(5-8)17-12(2-1-3-12)7-11(15)16/h4-6H,1-3,7H2,(H,15,16). The van der Waals surface area contributed by atoms with E-state index in [1.807, 2.05) is 0 Å². The summed E-state index contributed by atoms with van der Waals surface area (Å²) in [6, 6.07) is 4.91. The van der Waals surface area contributed by atoms with Crippen LogP contribution < -0.4 is 4.74 Å². The fourth-order valence-electron chi connectivity index (χ4n) is 2.00. The number of ether oxygens (including phenoxy) is 1. The van der Waals surface area contributed by atoms with Crippen molar-refractivity contribution in [3.8, 4) is 5.75 Å². The van der Waals surface area contributed by atoms with Gasteiger partial charge in [-0.3, -0.25) is 4.79 Å². The van der Waals surface area contributed by atoms with E-state index in [1.165, 1.54) is 0 Å². The highest BCUT2D eigenvalue weighted by Crippen LogP contribution is 2.40. The van der Waals surface area contributed by atoms with Crippen LogP contribution in [-0.4, -0.2) is 16.7 Å². The van der Waals surface area contributed by atoms with E-state index in [1.54, 1.807) is 18.2 Å². The fourth-order valence-corrected chi connectivity index (χ4v) is 2.51.